The predicted octanol–water partition coefficient (Wildman–Crippen LogP) is 2.64. The van der Waals surface area contributed by atoms with E-state index in [4.69, 9.17) is 0 Å². The van der Waals surface area contributed by atoms with Gasteiger partial charge in [0.1, 0.15) is 6.04 Å². The highest BCUT2D eigenvalue weighted by atomic mass is 16.4. The van der Waals surface area contributed by atoms with E-state index in [0.29, 0.717) is 11.3 Å². The molecule has 0 radical (unpaired) electrons. The van der Waals surface area contributed by atoms with E-state index in [-0.39, 0.29) is 23.3 Å². The number of rotatable bonds is 5. The summed E-state index contributed by atoms with van der Waals surface area (Å²) in [6.07, 6.45) is 3.93. The van der Waals surface area contributed by atoms with Crippen LogP contribution in [0.3, 0.4) is 0 Å². The highest BCUT2D eigenvalue weighted by Gasteiger charge is 2.31. The van der Waals surface area contributed by atoms with E-state index in [1.807, 2.05) is 6.92 Å². The van der Waals surface area contributed by atoms with Crippen molar-refractivity contribution < 1.29 is 19.5 Å². The summed E-state index contributed by atoms with van der Waals surface area (Å²) in [4.78, 5) is 35.4. The maximum atomic E-state index is 12.7. The molecule has 0 spiro atoms. The zero-order chi connectivity index (χ0) is 17.9. The lowest BCUT2D eigenvalue weighted by atomic mass is 9.96. The second-order valence-electron chi connectivity index (χ2n) is 6.50. The Labute approximate surface area is 141 Å². The van der Waals surface area contributed by atoms with E-state index in [0.717, 1.165) is 31.2 Å². The molecule has 0 saturated heterocycles. The quantitative estimate of drug-likeness (QED) is 0.772. The molecule has 3 N–H and O–H groups in total. The van der Waals surface area contributed by atoms with Gasteiger partial charge < -0.3 is 15.7 Å². The lowest BCUT2D eigenvalue weighted by Crippen LogP contribution is -2.47. The monoisotopic (exact) mass is 332 g/mol. The summed E-state index contributed by atoms with van der Waals surface area (Å²) in [5.41, 5.74) is 2.07. The third-order valence-corrected chi connectivity index (χ3v) is 4.57. The number of aryl methyl sites for hydroxylation is 2. The van der Waals surface area contributed by atoms with Crippen molar-refractivity contribution in [2.45, 2.75) is 52.5 Å². The number of amides is 2. The number of hydrogen-bond donors (Lipinski definition) is 3. The molecule has 1 aliphatic carbocycles. The van der Waals surface area contributed by atoms with Crippen molar-refractivity contribution in [3.8, 4) is 0 Å². The molecule has 1 fully saturated rings. The van der Waals surface area contributed by atoms with Crippen molar-refractivity contribution in [3.63, 3.8) is 0 Å². The Morgan fingerprint density at radius 2 is 1.75 bits per heavy atom. The second kappa shape index (κ2) is 7.47. The van der Waals surface area contributed by atoms with Gasteiger partial charge in [0, 0.05) is 12.6 Å². The van der Waals surface area contributed by atoms with Crippen molar-refractivity contribution in [1.29, 1.82) is 0 Å². The molecule has 2 amide bonds. The molecule has 0 bridgehead atoms. The summed E-state index contributed by atoms with van der Waals surface area (Å²) in [5, 5.41) is 14.8. The van der Waals surface area contributed by atoms with Crippen molar-refractivity contribution >= 4 is 23.5 Å². The first-order valence-corrected chi connectivity index (χ1v) is 8.22. The van der Waals surface area contributed by atoms with Crippen molar-refractivity contribution in [3.05, 3.63) is 28.8 Å². The molecular formula is C18H24N2O4. The predicted molar refractivity (Wildman–Crippen MR) is 91.1 cm³/mol. The maximum Gasteiger partial charge on any atom is 0.336 e. The van der Waals surface area contributed by atoms with E-state index in [1.54, 1.807) is 13.0 Å². The Morgan fingerprint density at radius 3 is 2.29 bits per heavy atom. The lowest BCUT2D eigenvalue weighted by Gasteiger charge is -2.24. The van der Waals surface area contributed by atoms with Gasteiger partial charge in [-0.05, 0) is 49.8 Å². The van der Waals surface area contributed by atoms with Crippen LogP contribution in [0.4, 0.5) is 5.69 Å². The van der Waals surface area contributed by atoms with Crippen LogP contribution in [0.5, 0.6) is 0 Å². The van der Waals surface area contributed by atoms with Gasteiger partial charge in [0.2, 0.25) is 11.8 Å². The van der Waals surface area contributed by atoms with E-state index in [9.17, 15) is 19.5 Å². The van der Waals surface area contributed by atoms with Gasteiger partial charge in [-0.25, -0.2) is 4.79 Å². The number of benzene rings is 1. The fourth-order valence-electron chi connectivity index (χ4n) is 3.34. The van der Waals surface area contributed by atoms with Gasteiger partial charge in [-0.1, -0.05) is 18.9 Å². The first-order valence-electron chi connectivity index (χ1n) is 8.22. The van der Waals surface area contributed by atoms with E-state index in [2.05, 4.69) is 10.6 Å². The van der Waals surface area contributed by atoms with Crippen molar-refractivity contribution in [2.24, 2.45) is 5.92 Å². The SMILES string of the molecule is CC(=O)NC(C(=O)Nc1cc(C(=O)O)c(C)cc1C)C1CCCC1. The second-order valence-corrected chi connectivity index (χ2v) is 6.50. The van der Waals surface area contributed by atoms with Gasteiger partial charge in [0.05, 0.1) is 5.56 Å². The zero-order valence-electron chi connectivity index (χ0n) is 14.3. The van der Waals surface area contributed by atoms with Crippen LogP contribution in [0, 0.1) is 19.8 Å². The average Bonchev–Trinajstić information content (AvgIpc) is 3.00. The Bertz CT molecular complexity index is 663. The lowest BCUT2D eigenvalue weighted by molar-refractivity contribution is -0.126. The summed E-state index contributed by atoms with van der Waals surface area (Å²) >= 11 is 0. The minimum Gasteiger partial charge on any atom is -0.478 e. The minimum absolute atomic E-state index is 0.124. The van der Waals surface area contributed by atoms with Gasteiger partial charge in [-0.15, -0.1) is 0 Å². The van der Waals surface area contributed by atoms with Crippen LogP contribution in [-0.4, -0.2) is 28.9 Å². The van der Waals surface area contributed by atoms with Crippen LogP contribution in [0.1, 0.15) is 54.1 Å². The molecule has 1 unspecified atom stereocenters. The highest BCUT2D eigenvalue weighted by Crippen LogP contribution is 2.29. The normalized spacial score (nSPS) is 15.8. The molecule has 0 heterocycles. The number of nitrogens with one attached hydrogen (secondary N) is 2. The van der Waals surface area contributed by atoms with Crippen molar-refractivity contribution in [2.75, 3.05) is 5.32 Å². The molecule has 24 heavy (non-hydrogen) atoms. The number of carboxylic acid groups (broad SMARTS) is 1. The smallest absolute Gasteiger partial charge is 0.336 e. The number of carbonyl (C=O) groups is 3. The third-order valence-electron chi connectivity index (χ3n) is 4.57. The van der Waals surface area contributed by atoms with Crippen LogP contribution in [-0.2, 0) is 9.59 Å². The van der Waals surface area contributed by atoms with Crippen LogP contribution in [0.15, 0.2) is 12.1 Å². The van der Waals surface area contributed by atoms with Crippen molar-refractivity contribution in [1.82, 2.24) is 5.32 Å². The third kappa shape index (κ3) is 4.13. The minimum atomic E-state index is -1.03. The number of carboxylic acids is 1. The van der Waals surface area contributed by atoms with Crippen LogP contribution >= 0.6 is 0 Å². The molecule has 1 aliphatic rings. The molecule has 1 aromatic rings. The highest BCUT2D eigenvalue weighted by molar-refractivity contribution is 5.99. The average molecular weight is 332 g/mol. The molecular weight excluding hydrogens is 308 g/mol. The van der Waals surface area contributed by atoms with Gasteiger partial charge in [0.25, 0.3) is 0 Å². The van der Waals surface area contributed by atoms with Crippen LogP contribution < -0.4 is 10.6 Å². The fourth-order valence-corrected chi connectivity index (χ4v) is 3.34. The zero-order valence-corrected chi connectivity index (χ0v) is 14.3. The van der Waals surface area contributed by atoms with Gasteiger partial charge in [-0.2, -0.15) is 0 Å². The Kier molecular flexibility index (Phi) is 5.59. The first kappa shape index (κ1) is 18.0. The molecule has 0 aliphatic heterocycles. The molecule has 6 nitrogen and oxygen atoms in total. The largest absolute Gasteiger partial charge is 0.478 e. The number of carbonyl (C=O) groups excluding carboxylic acids is 2. The Morgan fingerprint density at radius 1 is 1.12 bits per heavy atom. The van der Waals surface area contributed by atoms with Crippen LogP contribution in [0.25, 0.3) is 0 Å². The Hall–Kier alpha value is -2.37. The number of hydrogen-bond acceptors (Lipinski definition) is 3. The van der Waals surface area contributed by atoms with Gasteiger partial charge in [0.15, 0.2) is 0 Å². The molecule has 0 aromatic heterocycles. The van der Waals surface area contributed by atoms with Crippen LogP contribution in [0.2, 0.25) is 0 Å². The summed E-state index contributed by atoms with van der Waals surface area (Å²) in [7, 11) is 0. The standard InChI is InChI=1S/C18H24N2O4/c1-10-8-11(2)15(9-14(10)18(23)24)20-17(22)16(19-12(3)21)13-6-4-5-7-13/h8-9,13,16H,4-7H2,1-3H3,(H,19,21)(H,20,22)(H,23,24). The van der Waals surface area contributed by atoms with E-state index < -0.39 is 12.0 Å². The Balaban J connectivity index is 2.24. The van der Waals surface area contributed by atoms with Gasteiger partial charge in [-0.3, -0.25) is 9.59 Å². The van der Waals surface area contributed by atoms with Gasteiger partial charge >= 0.3 is 5.97 Å². The topological polar surface area (TPSA) is 95.5 Å². The summed E-state index contributed by atoms with van der Waals surface area (Å²) in [6, 6.07) is 2.63. The summed E-state index contributed by atoms with van der Waals surface area (Å²) < 4.78 is 0. The molecule has 6 heteroatoms. The molecule has 130 valence electrons. The fraction of sp³-hybridized carbons (Fsp3) is 0.500. The van der Waals surface area contributed by atoms with E-state index >= 15 is 0 Å². The summed E-state index contributed by atoms with van der Waals surface area (Å²) in [6.45, 7) is 4.94. The molecule has 2 rings (SSSR count). The molecule has 1 atom stereocenters. The number of anilines is 1. The first-order chi connectivity index (χ1) is 11.3. The summed E-state index contributed by atoms with van der Waals surface area (Å²) in [5.74, 6) is -1.44. The molecule has 1 aromatic carbocycles. The van der Waals surface area contributed by atoms with E-state index in [1.165, 1.54) is 13.0 Å². The molecule has 1 saturated carbocycles. The number of aromatic carboxylic acids is 1. The maximum absolute atomic E-state index is 12.7.